The number of benzene rings is 7. The number of rotatable bonds is 4. The van der Waals surface area contributed by atoms with Gasteiger partial charge in [-0.15, -0.1) is 0 Å². The van der Waals surface area contributed by atoms with Gasteiger partial charge in [0.25, 0.3) is 0 Å². The molecule has 3 heteroatoms. The molecule has 2 heterocycles. The maximum absolute atomic E-state index is 7.13. The fourth-order valence-electron chi connectivity index (χ4n) is 8.05. The van der Waals surface area contributed by atoms with Crippen LogP contribution in [0.3, 0.4) is 0 Å². The van der Waals surface area contributed by atoms with Crippen LogP contribution in [0.5, 0.6) is 0 Å². The summed E-state index contributed by atoms with van der Waals surface area (Å²) < 4.78 is 13.5. The number of hydrogen-bond acceptors (Lipinski definition) is 3. The topological polar surface area (TPSA) is 29.5 Å². The van der Waals surface area contributed by atoms with E-state index in [-0.39, 0.29) is 5.41 Å². The fourth-order valence-corrected chi connectivity index (χ4v) is 8.05. The SMILES string of the molecule is CC1(C)c2ccccc2-c2ccc3c(oc4c(N(c5ccc(-c6ccccc6)cc5)c5cccc6oc7ccccc7c56)cccc43)c21. The van der Waals surface area contributed by atoms with Crippen molar-refractivity contribution in [3.63, 3.8) is 0 Å². The summed E-state index contributed by atoms with van der Waals surface area (Å²) in [6.45, 7) is 4.63. The van der Waals surface area contributed by atoms with Gasteiger partial charge in [0, 0.05) is 32.8 Å². The highest BCUT2D eigenvalue weighted by atomic mass is 16.3. The van der Waals surface area contributed by atoms with Crippen LogP contribution in [0.2, 0.25) is 0 Å². The summed E-state index contributed by atoms with van der Waals surface area (Å²) in [5.74, 6) is 0. The second-order valence-corrected chi connectivity index (χ2v) is 13.3. The van der Waals surface area contributed by atoms with Crippen LogP contribution in [0.25, 0.3) is 66.1 Å². The van der Waals surface area contributed by atoms with Gasteiger partial charge in [-0.2, -0.15) is 0 Å². The lowest BCUT2D eigenvalue weighted by Gasteiger charge is -2.26. The average Bonchev–Trinajstić information content (AvgIpc) is 3.78. The zero-order valence-corrected chi connectivity index (χ0v) is 26.7. The monoisotopic (exact) mass is 617 g/mol. The standard InChI is InChI=1S/C45H31NO2/c1-45(2)36-17-8-6-14-31(36)32-26-27-34-33-16-10-19-38(43(33)48-44(34)42(32)45)46(30-24-22-29(23-25-30)28-12-4-3-5-13-28)37-18-11-21-40-41(37)35-15-7-9-20-39(35)47-40/h3-27H,1-2H3. The lowest BCUT2D eigenvalue weighted by atomic mass is 9.82. The Bertz CT molecular complexity index is 2690. The van der Waals surface area contributed by atoms with E-state index in [0.717, 1.165) is 60.9 Å². The Morgan fingerprint density at radius 1 is 0.458 bits per heavy atom. The van der Waals surface area contributed by atoms with E-state index in [2.05, 4.69) is 158 Å². The minimum absolute atomic E-state index is 0.187. The Morgan fingerprint density at radius 3 is 2.00 bits per heavy atom. The van der Waals surface area contributed by atoms with Gasteiger partial charge in [0.15, 0.2) is 5.58 Å². The molecular formula is C45H31NO2. The lowest BCUT2D eigenvalue weighted by Crippen LogP contribution is -2.15. The van der Waals surface area contributed by atoms with Crippen molar-refractivity contribution in [3.05, 3.63) is 163 Å². The summed E-state index contributed by atoms with van der Waals surface area (Å²) in [5.41, 5.74) is 13.9. The van der Waals surface area contributed by atoms with Crippen LogP contribution in [-0.4, -0.2) is 0 Å². The van der Waals surface area contributed by atoms with Crippen LogP contribution in [0.1, 0.15) is 25.0 Å². The van der Waals surface area contributed by atoms with E-state index in [4.69, 9.17) is 8.83 Å². The van der Waals surface area contributed by atoms with Crippen LogP contribution >= 0.6 is 0 Å². The predicted molar refractivity (Wildman–Crippen MR) is 199 cm³/mol. The molecule has 0 radical (unpaired) electrons. The van der Waals surface area contributed by atoms with Crippen molar-refractivity contribution in [2.24, 2.45) is 0 Å². The highest BCUT2D eigenvalue weighted by molar-refractivity contribution is 6.17. The molecule has 0 N–H and O–H groups in total. The summed E-state index contributed by atoms with van der Waals surface area (Å²) >= 11 is 0. The van der Waals surface area contributed by atoms with E-state index in [1.165, 1.54) is 33.4 Å². The average molecular weight is 618 g/mol. The first kappa shape index (κ1) is 27.1. The minimum Gasteiger partial charge on any atom is -0.456 e. The van der Waals surface area contributed by atoms with Gasteiger partial charge >= 0.3 is 0 Å². The molecule has 0 spiro atoms. The number of furan rings is 2. The summed E-state index contributed by atoms with van der Waals surface area (Å²) in [7, 11) is 0. The molecule has 1 aliphatic rings. The largest absolute Gasteiger partial charge is 0.456 e. The van der Waals surface area contributed by atoms with E-state index in [9.17, 15) is 0 Å². The second-order valence-electron chi connectivity index (χ2n) is 13.3. The molecule has 0 saturated carbocycles. The second kappa shape index (κ2) is 9.97. The molecule has 2 aromatic heterocycles. The summed E-state index contributed by atoms with van der Waals surface area (Å²) in [4.78, 5) is 2.34. The number of hydrogen-bond donors (Lipinski definition) is 0. The third-order valence-corrected chi connectivity index (χ3v) is 10.3. The highest BCUT2D eigenvalue weighted by Crippen LogP contribution is 2.54. The molecule has 3 nitrogen and oxygen atoms in total. The van der Waals surface area contributed by atoms with E-state index < -0.39 is 0 Å². The third kappa shape index (κ3) is 3.76. The maximum atomic E-state index is 7.13. The van der Waals surface area contributed by atoms with Gasteiger partial charge in [0.1, 0.15) is 16.7 Å². The van der Waals surface area contributed by atoms with Crippen molar-refractivity contribution >= 4 is 60.9 Å². The van der Waals surface area contributed by atoms with Gasteiger partial charge in [0.05, 0.1) is 16.8 Å². The Hall–Kier alpha value is -6.06. The number of nitrogens with zero attached hydrogens (tertiary/aromatic N) is 1. The molecule has 0 bridgehead atoms. The Kier molecular flexibility index (Phi) is 5.63. The highest BCUT2D eigenvalue weighted by Gasteiger charge is 2.38. The zero-order valence-electron chi connectivity index (χ0n) is 26.7. The maximum Gasteiger partial charge on any atom is 0.159 e. The summed E-state index contributed by atoms with van der Waals surface area (Å²) in [6.07, 6.45) is 0. The van der Waals surface area contributed by atoms with Crippen LogP contribution in [0, 0.1) is 0 Å². The third-order valence-electron chi connectivity index (χ3n) is 10.3. The van der Waals surface area contributed by atoms with Crippen LogP contribution in [-0.2, 0) is 5.41 Å². The Balaban J connectivity index is 1.25. The first-order valence-electron chi connectivity index (χ1n) is 16.5. The van der Waals surface area contributed by atoms with Crippen molar-refractivity contribution in [2.75, 3.05) is 4.90 Å². The molecule has 0 unspecified atom stereocenters. The zero-order chi connectivity index (χ0) is 32.0. The van der Waals surface area contributed by atoms with Gasteiger partial charge in [-0.25, -0.2) is 0 Å². The quantitative estimate of drug-likeness (QED) is 0.197. The molecule has 0 atom stereocenters. The van der Waals surface area contributed by atoms with Crippen molar-refractivity contribution in [3.8, 4) is 22.3 Å². The van der Waals surface area contributed by atoms with E-state index in [1.807, 2.05) is 12.1 Å². The van der Waals surface area contributed by atoms with E-state index in [0.29, 0.717) is 0 Å². The summed E-state index contributed by atoms with van der Waals surface area (Å²) in [6, 6.07) is 53.8. The van der Waals surface area contributed by atoms with Gasteiger partial charge in [-0.05, 0) is 70.3 Å². The first-order valence-corrected chi connectivity index (χ1v) is 16.5. The molecule has 9 aromatic rings. The van der Waals surface area contributed by atoms with Gasteiger partial charge in [-0.3, -0.25) is 0 Å². The Morgan fingerprint density at radius 2 is 1.12 bits per heavy atom. The predicted octanol–water partition coefficient (Wildman–Crippen LogP) is 12.9. The van der Waals surface area contributed by atoms with Crippen molar-refractivity contribution in [1.82, 2.24) is 0 Å². The number of anilines is 3. The minimum atomic E-state index is -0.187. The van der Waals surface area contributed by atoms with Crippen LogP contribution in [0.15, 0.2) is 160 Å². The van der Waals surface area contributed by atoms with E-state index in [1.54, 1.807) is 0 Å². The molecule has 7 aromatic carbocycles. The normalized spacial score (nSPS) is 13.4. The van der Waals surface area contributed by atoms with E-state index >= 15 is 0 Å². The number of para-hydroxylation sites is 2. The van der Waals surface area contributed by atoms with Crippen LogP contribution in [0.4, 0.5) is 17.1 Å². The Labute approximate surface area is 278 Å². The molecule has 0 aliphatic heterocycles. The molecule has 1 aliphatic carbocycles. The van der Waals surface area contributed by atoms with Gasteiger partial charge in [-0.1, -0.05) is 123 Å². The smallest absolute Gasteiger partial charge is 0.159 e. The molecule has 10 rings (SSSR count). The fraction of sp³-hybridized carbons (Fsp3) is 0.0667. The lowest BCUT2D eigenvalue weighted by molar-refractivity contribution is 0.620. The molecule has 0 fully saturated rings. The molecule has 228 valence electrons. The van der Waals surface area contributed by atoms with Gasteiger partial charge in [0.2, 0.25) is 0 Å². The van der Waals surface area contributed by atoms with Crippen molar-refractivity contribution < 1.29 is 8.83 Å². The van der Waals surface area contributed by atoms with Crippen molar-refractivity contribution in [2.45, 2.75) is 19.3 Å². The van der Waals surface area contributed by atoms with Gasteiger partial charge < -0.3 is 13.7 Å². The van der Waals surface area contributed by atoms with Crippen LogP contribution < -0.4 is 4.90 Å². The van der Waals surface area contributed by atoms with Crippen molar-refractivity contribution in [1.29, 1.82) is 0 Å². The summed E-state index contributed by atoms with van der Waals surface area (Å²) in [5, 5.41) is 4.40. The number of fused-ring (bicyclic) bond motifs is 10. The molecule has 0 amide bonds. The molecule has 0 saturated heterocycles. The molecule has 48 heavy (non-hydrogen) atoms. The molecular weight excluding hydrogens is 587 g/mol. The first-order chi connectivity index (χ1) is 23.6.